The zero-order chi connectivity index (χ0) is 13.0. The van der Waals surface area contributed by atoms with E-state index in [-0.39, 0.29) is 6.79 Å². The van der Waals surface area contributed by atoms with E-state index >= 15 is 0 Å². The minimum Gasteiger partial charge on any atom is -0.493 e. The average molecular weight is 253 g/mol. The summed E-state index contributed by atoms with van der Waals surface area (Å²) in [7, 11) is 0. The van der Waals surface area contributed by atoms with Crippen LogP contribution in [-0.4, -0.2) is 30.5 Å². The molecule has 0 aliphatic carbocycles. The highest BCUT2D eigenvalue weighted by Crippen LogP contribution is 2.35. The van der Waals surface area contributed by atoms with Gasteiger partial charge in [0.2, 0.25) is 6.79 Å². The third-order valence-corrected chi connectivity index (χ3v) is 2.59. The van der Waals surface area contributed by atoms with Crippen molar-refractivity contribution in [3.05, 3.63) is 18.2 Å². The largest absolute Gasteiger partial charge is 0.493 e. The Morgan fingerprint density at radius 3 is 3.00 bits per heavy atom. The molecule has 0 spiro atoms. The van der Waals surface area contributed by atoms with Gasteiger partial charge in [-0.3, -0.25) is 4.79 Å². The van der Waals surface area contributed by atoms with Crippen molar-refractivity contribution in [2.24, 2.45) is 5.73 Å². The summed E-state index contributed by atoms with van der Waals surface area (Å²) in [6.07, 6.45) is 0.974. The third kappa shape index (κ3) is 3.04. The van der Waals surface area contributed by atoms with Gasteiger partial charge in [0, 0.05) is 6.07 Å². The molecule has 2 rings (SSSR count). The first-order chi connectivity index (χ1) is 8.66. The van der Waals surface area contributed by atoms with Crippen LogP contribution < -0.4 is 19.9 Å². The highest BCUT2D eigenvalue weighted by Gasteiger charge is 2.14. The van der Waals surface area contributed by atoms with Crippen LogP contribution >= 0.6 is 0 Å². The second kappa shape index (κ2) is 5.59. The van der Waals surface area contributed by atoms with Gasteiger partial charge in [0.05, 0.1) is 6.61 Å². The first-order valence-corrected chi connectivity index (χ1v) is 5.67. The number of carboxylic acid groups (broad SMARTS) is 1. The first kappa shape index (κ1) is 12.5. The Morgan fingerprint density at radius 2 is 2.22 bits per heavy atom. The lowest BCUT2D eigenvalue weighted by Crippen LogP contribution is -2.30. The summed E-state index contributed by atoms with van der Waals surface area (Å²) in [5.74, 6) is 1.05. The summed E-state index contributed by atoms with van der Waals surface area (Å²) in [6, 6.07) is 4.48. The van der Waals surface area contributed by atoms with Crippen LogP contribution in [0.15, 0.2) is 18.2 Å². The molecular weight excluding hydrogens is 238 g/mol. The molecule has 6 heteroatoms. The fourth-order valence-electron chi connectivity index (χ4n) is 1.58. The molecule has 0 saturated carbocycles. The molecule has 0 fully saturated rings. The second-order valence-electron chi connectivity index (χ2n) is 3.95. The molecule has 0 amide bonds. The molecule has 0 bridgehead atoms. The van der Waals surface area contributed by atoms with Crippen molar-refractivity contribution < 1.29 is 24.1 Å². The van der Waals surface area contributed by atoms with E-state index in [9.17, 15) is 4.79 Å². The molecule has 1 aromatic rings. The Labute approximate surface area is 104 Å². The predicted octanol–water partition coefficient (Wildman–Crippen LogP) is 0.986. The highest BCUT2D eigenvalue weighted by atomic mass is 16.7. The molecule has 0 radical (unpaired) electrons. The number of benzene rings is 1. The van der Waals surface area contributed by atoms with Crippen LogP contribution in [0, 0.1) is 0 Å². The fourth-order valence-corrected chi connectivity index (χ4v) is 1.58. The standard InChI is InChI=1S/C12H15NO5/c13-9(12(14)15)2-1-5-16-8-3-4-10-11(6-8)18-7-17-10/h3-4,6,9H,1-2,5,7,13H2,(H,14,15). The molecule has 98 valence electrons. The number of aliphatic carboxylic acids is 1. The normalized spacial score (nSPS) is 14.3. The maximum Gasteiger partial charge on any atom is 0.320 e. The molecule has 1 heterocycles. The number of nitrogens with two attached hydrogens (primary N) is 1. The van der Waals surface area contributed by atoms with Crippen molar-refractivity contribution in [2.75, 3.05) is 13.4 Å². The van der Waals surface area contributed by atoms with Gasteiger partial charge < -0.3 is 25.1 Å². The summed E-state index contributed by atoms with van der Waals surface area (Å²) in [6.45, 7) is 0.646. The van der Waals surface area contributed by atoms with E-state index in [4.69, 9.17) is 25.1 Å². The molecule has 6 nitrogen and oxygen atoms in total. The number of hydrogen-bond donors (Lipinski definition) is 2. The Hall–Kier alpha value is -1.95. The zero-order valence-corrected chi connectivity index (χ0v) is 9.80. The second-order valence-corrected chi connectivity index (χ2v) is 3.95. The van der Waals surface area contributed by atoms with E-state index in [1.165, 1.54) is 0 Å². The van der Waals surface area contributed by atoms with Gasteiger partial charge >= 0.3 is 5.97 Å². The van der Waals surface area contributed by atoms with Crippen LogP contribution in [0.1, 0.15) is 12.8 Å². The summed E-state index contributed by atoms with van der Waals surface area (Å²) >= 11 is 0. The van der Waals surface area contributed by atoms with Gasteiger partial charge in [0.25, 0.3) is 0 Å². The van der Waals surface area contributed by atoms with Crippen LogP contribution in [0.5, 0.6) is 17.2 Å². The summed E-state index contributed by atoms with van der Waals surface area (Å²) in [4.78, 5) is 10.5. The minimum absolute atomic E-state index is 0.228. The van der Waals surface area contributed by atoms with Crippen molar-refractivity contribution in [2.45, 2.75) is 18.9 Å². The monoisotopic (exact) mass is 253 g/mol. The van der Waals surface area contributed by atoms with Crippen LogP contribution in [0.4, 0.5) is 0 Å². The summed E-state index contributed by atoms with van der Waals surface area (Å²) in [5.41, 5.74) is 5.38. The van der Waals surface area contributed by atoms with Crippen molar-refractivity contribution in [1.82, 2.24) is 0 Å². The van der Waals surface area contributed by atoms with Gasteiger partial charge in [0.1, 0.15) is 11.8 Å². The Morgan fingerprint density at radius 1 is 1.44 bits per heavy atom. The SMILES string of the molecule is NC(CCCOc1ccc2c(c1)OCO2)C(=O)O. The molecule has 1 aromatic carbocycles. The Kier molecular flexibility index (Phi) is 3.88. The van der Waals surface area contributed by atoms with Crippen molar-refractivity contribution in [3.8, 4) is 17.2 Å². The van der Waals surface area contributed by atoms with Crippen molar-refractivity contribution >= 4 is 5.97 Å². The zero-order valence-electron chi connectivity index (χ0n) is 9.80. The first-order valence-electron chi connectivity index (χ1n) is 5.67. The van der Waals surface area contributed by atoms with Crippen molar-refractivity contribution in [3.63, 3.8) is 0 Å². The Bertz CT molecular complexity index is 434. The smallest absolute Gasteiger partial charge is 0.320 e. The minimum atomic E-state index is -0.988. The third-order valence-electron chi connectivity index (χ3n) is 2.59. The number of carboxylic acids is 1. The maximum atomic E-state index is 10.5. The lowest BCUT2D eigenvalue weighted by molar-refractivity contribution is -0.138. The number of hydrogen-bond acceptors (Lipinski definition) is 5. The summed E-state index contributed by atoms with van der Waals surface area (Å²) < 4.78 is 15.9. The van der Waals surface area contributed by atoms with Crippen LogP contribution in [0.2, 0.25) is 0 Å². The molecular formula is C12H15NO5. The number of ether oxygens (including phenoxy) is 3. The molecule has 0 saturated heterocycles. The van der Waals surface area contributed by atoms with Crippen LogP contribution in [0.3, 0.4) is 0 Å². The number of rotatable bonds is 6. The summed E-state index contributed by atoms with van der Waals surface area (Å²) in [5, 5.41) is 8.61. The topological polar surface area (TPSA) is 91.0 Å². The molecule has 1 aliphatic heterocycles. The van der Waals surface area contributed by atoms with Crippen LogP contribution in [0.25, 0.3) is 0 Å². The molecule has 0 aromatic heterocycles. The van der Waals surface area contributed by atoms with Gasteiger partial charge in [-0.25, -0.2) is 0 Å². The Balaban J connectivity index is 1.75. The molecule has 3 N–H and O–H groups in total. The van der Waals surface area contributed by atoms with E-state index in [2.05, 4.69) is 0 Å². The predicted molar refractivity (Wildman–Crippen MR) is 62.9 cm³/mol. The van der Waals surface area contributed by atoms with E-state index in [1.54, 1.807) is 18.2 Å². The van der Waals surface area contributed by atoms with E-state index in [0.29, 0.717) is 36.7 Å². The molecule has 1 atom stereocenters. The quantitative estimate of drug-likeness (QED) is 0.734. The lowest BCUT2D eigenvalue weighted by Gasteiger charge is -2.08. The molecule has 1 unspecified atom stereocenters. The van der Waals surface area contributed by atoms with Gasteiger partial charge in [-0.1, -0.05) is 0 Å². The lowest BCUT2D eigenvalue weighted by atomic mass is 10.2. The van der Waals surface area contributed by atoms with Crippen molar-refractivity contribution in [1.29, 1.82) is 0 Å². The number of fused-ring (bicyclic) bond motifs is 1. The van der Waals surface area contributed by atoms with Crippen LogP contribution in [-0.2, 0) is 4.79 Å². The van der Waals surface area contributed by atoms with Gasteiger partial charge in [0.15, 0.2) is 11.5 Å². The molecule has 18 heavy (non-hydrogen) atoms. The highest BCUT2D eigenvalue weighted by molar-refractivity contribution is 5.72. The van der Waals surface area contributed by atoms with Gasteiger partial charge in [-0.15, -0.1) is 0 Å². The average Bonchev–Trinajstić information content (AvgIpc) is 2.81. The van der Waals surface area contributed by atoms with Gasteiger partial charge in [-0.2, -0.15) is 0 Å². The van der Waals surface area contributed by atoms with E-state index in [0.717, 1.165) is 0 Å². The van der Waals surface area contributed by atoms with Gasteiger partial charge in [-0.05, 0) is 25.0 Å². The fraction of sp³-hybridized carbons (Fsp3) is 0.417. The molecule has 1 aliphatic rings. The maximum absolute atomic E-state index is 10.5. The van der Waals surface area contributed by atoms with E-state index < -0.39 is 12.0 Å². The number of carbonyl (C=O) groups is 1. The van der Waals surface area contributed by atoms with E-state index in [1.807, 2.05) is 0 Å².